The molecule has 0 N–H and O–H groups in total. The van der Waals surface area contributed by atoms with E-state index < -0.39 is 0 Å². The number of anilines is 1. The molecule has 0 saturated carbocycles. The van der Waals surface area contributed by atoms with Crippen LogP contribution in [0.25, 0.3) is 0 Å². The molecule has 2 aromatic rings. The summed E-state index contributed by atoms with van der Waals surface area (Å²) in [5.41, 5.74) is 0. The zero-order chi connectivity index (χ0) is 20.0. The summed E-state index contributed by atoms with van der Waals surface area (Å²) in [6.07, 6.45) is 3.19. The Morgan fingerprint density at radius 1 is 1.07 bits per heavy atom. The van der Waals surface area contributed by atoms with E-state index in [1.54, 1.807) is 13.1 Å². The lowest BCUT2D eigenvalue weighted by molar-refractivity contribution is -0.130. The third-order valence-corrected chi connectivity index (χ3v) is 4.16. The van der Waals surface area contributed by atoms with Crippen molar-refractivity contribution in [3.8, 4) is 11.6 Å². The SMILES string of the molecule is CC(=O)N(CCN(c1cncc(Oc2ccc(F)cc2)n1)C(C)C)C(C)C. The summed E-state index contributed by atoms with van der Waals surface area (Å²) >= 11 is 0. The number of nitrogens with zero attached hydrogens (tertiary/aromatic N) is 4. The largest absolute Gasteiger partial charge is 0.437 e. The molecule has 1 aromatic heterocycles. The molecule has 2 rings (SSSR count). The van der Waals surface area contributed by atoms with Crippen LogP contribution in [-0.4, -0.2) is 45.9 Å². The summed E-state index contributed by atoms with van der Waals surface area (Å²) in [5, 5.41) is 0. The maximum atomic E-state index is 13.0. The molecule has 146 valence electrons. The van der Waals surface area contributed by atoms with Crippen molar-refractivity contribution in [2.24, 2.45) is 0 Å². The van der Waals surface area contributed by atoms with E-state index in [-0.39, 0.29) is 23.8 Å². The van der Waals surface area contributed by atoms with Crippen LogP contribution in [0.3, 0.4) is 0 Å². The smallest absolute Gasteiger partial charge is 0.239 e. The Bertz CT molecular complexity index is 750. The van der Waals surface area contributed by atoms with Gasteiger partial charge in [-0.25, -0.2) is 4.39 Å². The minimum absolute atomic E-state index is 0.0492. The quantitative estimate of drug-likeness (QED) is 0.702. The second-order valence-electron chi connectivity index (χ2n) is 6.86. The number of halogens is 1. The zero-order valence-corrected chi connectivity index (χ0v) is 16.5. The number of aromatic nitrogens is 2. The van der Waals surface area contributed by atoms with Crippen LogP contribution in [0.2, 0.25) is 0 Å². The molecule has 27 heavy (non-hydrogen) atoms. The van der Waals surface area contributed by atoms with Crippen LogP contribution in [0, 0.1) is 5.82 Å². The third kappa shape index (κ3) is 5.91. The molecule has 0 spiro atoms. The Hall–Kier alpha value is -2.70. The Kier molecular flexibility index (Phi) is 7.10. The average Bonchev–Trinajstić information content (AvgIpc) is 2.60. The molecular formula is C20H27FN4O2. The molecule has 0 saturated heterocycles. The predicted molar refractivity (Wildman–Crippen MR) is 104 cm³/mol. The lowest BCUT2D eigenvalue weighted by atomic mass is 10.2. The molecule has 0 radical (unpaired) electrons. The highest BCUT2D eigenvalue weighted by molar-refractivity contribution is 5.73. The molecule has 1 amide bonds. The van der Waals surface area contributed by atoms with Crippen molar-refractivity contribution in [1.82, 2.24) is 14.9 Å². The van der Waals surface area contributed by atoms with E-state index in [0.717, 1.165) is 0 Å². The van der Waals surface area contributed by atoms with Crippen molar-refractivity contribution in [3.63, 3.8) is 0 Å². The highest BCUT2D eigenvalue weighted by Gasteiger charge is 2.18. The van der Waals surface area contributed by atoms with Crippen molar-refractivity contribution in [1.29, 1.82) is 0 Å². The molecule has 0 aliphatic carbocycles. The first-order valence-corrected chi connectivity index (χ1v) is 9.07. The van der Waals surface area contributed by atoms with Gasteiger partial charge >= 0.3 is 0 Å². The van der Waals surface area contributed by atoms with Crippen LogP contribution in [0.5, 0.6) is 11.6 Å². The van der Waals surface area contributed by atoms with Crippen LogP contribution >= 0.6 is 0 Å². The number of carbonyl (C=O) groups is 1. The molecule has 0 unspecified atom stereocenters. The molecule has 0 aliphatic heterocycles. The van der Waals surface area contributed by atoms with Crippen LogP contribution in [0.4, 0.5) is 10.2 Å². The molecule has 0 bridgehead atoms. The molecule has 6 nitrogen and oxygen atoms in total. The van der Waals surface area contributed by atoms with Gasteiger partial charge in [0.2, 0.25) is 11.8 Å². The molecular weight excluding hydrogens is 347 g/mol. The Balaban J connectivity index is 2.14. The highest BCUT2D eigenvalue weighted by atomic mass is 19.1. The number of hydrogen-bond acceptors (Lipinski definition) is 5. The molecule has 1 aromatic carbocycles. The number of hydrogen-bond donors (Lipinski definition) is 0. The van der Waals surface area contributed by atoms with E-state index in [1.807, 2.05) is 18.7 Å². The van der Waals surface area contributed by atoms with Crippen LogP contribution in [0.15, 0.2) is 36.7 Å². The number of rotatable bonds is 8. The first-order chi connectivity index (χ1) is 12.8. The minimum Gasteiger partial charge on any atom is -0.437 e. The minimum atomic E-state index is -0.326. The van der Waals surface area contributed by atoms with E-state index in [4.69, 9.17) is 4.74 Å². The lowest BCUT2D eigenvalue weighted by Gasteiger charge is -2.32. The van der Waals surface area contributed by atoms with Crippen LogP contribution < -0.4 is 9.64 Å². The summed E-state index contributed by atoms with van der Waals surface area (Å²) in [7, 11) is 0. The molecule has 7 heteroatoms. The molecule has 0 aliphatic rings. The van der Waals surface area contributed by atoms with Gasteiger partial charge in [0.05, 0.1) is 12.4 Å². The van der Waals surface area contributed by atoms with Gasteiger partial charge in [-0.2, -0.15) is 4.98 Å². The number of amides is 1. The van der Waals surface area contributed by atoms with Crippen molar-refractivity contribution in [3.05, 3.63) is 42.5 Å². The normalized spacial score (nSPS) is 11.0. The second-order valence-corrected chi connectivity index (χ2v) is 6.86. The van der Waals surface area contributed by atoms with Crippen molar-refractivity contribution in [2.75, 3.05) is 18.0 Å². The maximum Gasteiger partial charge on any atom is 0.239 e. The summed E-state index contributed by atoms with van der Waals surface area (Å²) in [4.78, 5) is 24.5. The summed E-state index contributed by atoms with van der Waals surface area (Å²) < 4.78 is 18.7. The summed E-state index contributed by atoms with van der Waals surface area (Å²) in [6, 6.07) is 6.04. The fourth-order valence-corrected chi connectivity index (χ4v) is 2.78. The third-order valence-electron chi connectivity index (χ3n) is 4.16. The fraction of sp³-hybridized carbons (Fsp3) is 0.450. The number of ether oxygens (including phenoxy) is 1. The summed E-state index contributed by atoms with van der Waals surface area (Å²) in [6.45, 7) is 10.9. The summed E-state index contributed by atoms with van der Waals surface area (Å²) in [5.74, 6) is 1.21. The topological polar surface area (TPSA) is 58.6 Å². The van der Waals surface area contributed by atoms with Gasteiger partial charge < -0.3 is 14.5 Å². The number of carbonyl (C=O) groups excluding carboxylic acids is 1. The monoisotopic (exact) mass is 374 g/mol. The average molecular weight is 374 g/mol. The lowest BCUT2D eigenvalue weighted by Crippen LogP contribution is -2.43. The van der Waals surface area contributed by atoms with Gasteiger partial charge in [0.1, 0.15) is 11.6 Å². The number of benzene rings is 1. The Labute approximate surface area is 160 Å². The van der Waals surface area contributed by atoms with E-state index >= 15 is 0 Å². The Morgan fingerprint density at radius 2 is 1.74 bits per heavy atom. The van der Waals surface area contributed by atoms with Gasteiger partial charge in [0, 0.05) is 32.1 Å². The van der Waals surface area contributed by atoms with E-state index in [1.165, 1.54) is 30.5 Å². The molecule has 1 heterocycles. The highest BCUT2D eigenvalue weighted by Crippen LogP contribution is 2.22. The van der Waals surface area contributed by atoms with Crippen molar-refractivity contribution >= 4 is 11.7 Å². The second kappa shape index (κ2) is 9.30. The van der Waals surface area contributed by atoms with Crippen LogP contribution in [0.1, 0.15) is 34.6 Å². The van der Waals surface area contributed by atoms with Gasteiger partial charge in [-0.05, 0) is 52.0 Å². The zero-order valence-electron chi connectivity index (χ0n) is 16.5. The van der Waals surface area contributed by atoms with Gasteiger partial charge in [0.25, 0.3) is 0 Å². The van der Waals surface area contributed by atoms with Gasteiger partial charge in [-0.15, -0.1) is 0 Å². The van der Waals surface area contributed by atoms with Gasteiger partial charge in [-0.3, -0.25) is 9.78 Å². The molecule has 0 atom stereocenters. The van der Waals surface area contributed by atoms with E-state index in [2.05, 4.69) is 28.7 Å². The van der Waals surface area contributed by atoms with Crippen molar-refractivity contribution in [2.45, 2.75) is 46.7 Å². The van der Waals surface area contributed by atoms with Gasteiger partial charge in [0.15, 0.2) is 5.82 Å². The maximum absolute atomic E-state index is 13.0. The van der Waals surface area contributed by atoms with Crippen LogP contribution in [-0.2, 0) is 4.79 Å². The van der Waals surface area contributed by atoms with E-state index in [0.29, 0.717) is 30.5 Å². The van der Waals surface area contributed by atoms with E-state index in [9.17, 15) is 9.18 Å². The molecule has 0 fully saturated rings. The Morgan fingerprint density at radius 3 is 2.30 bits per heavy atom. The predicted octanol–water partition coefficient (Wildman–Crippen LogP) is 3.88. The fourth-order valence-electron chi connectivity index (χ4n) is 2.78. The van der Waals surface area contributed by atoms with Crippen molar-refractivity contribution < 1.29 is 13.9 Å². The first-order valence-electron chi connectivity index (χ1n) is 9.07. The standard InChI is InChI=1S/C20H27FN4O2/c1-14(2)24(16(5)26)10-11-25(15(3)4)19-12-22-13-20(23-19)27-18-8-6-17(21)7-9-18/h6-9,12-15H,10-11H2,1-5H3. The van der Waals surface area contributed by atoms with Gasteiger partial charge in [-0.1, -0.05) is 0 Å². The first kappa shape index (κ1) is 20.6.